The average molecular weight is 641 g/mol. The lowest BCUT2D eigenvalue weighted by Crippen LogP contribution is -2.41. The number of esters is 1. The molecular formula is C32H34ClFN4O5S. The summed E-state index contributed by atoms with van der Waals surface area (Å²) in [4.78, 5) is 31.6. The molecule has 0 spiro atoms. The highest BCUT2D eigenvalue weighted by Crippen LogP contribution is 2.35. The van der Waals surface area contributed by atoms with Crippen LogP contribution in [0, 0.1) is 5.95 Å². The van der Waals surface area contributed by atoms with Gasteiger partial charge in [-0.25, -0.2) is 14.6 Å². The SMILES string of the molecule is CCOC(=O)c1cnn(-c2cccc(-c3sccc3COc3ccc(C4CCN(C(=O)OC(C)(C)C)CC4)cc3Cl)n2)c1F. The molecule has 44 heavy (non-hydrogen) atoms. The first kappa shape index (κ1) is 31.5. The molecule has 0 N–H and O–H groups in total. The molecule has 0 unspecified atom stereocenters. The van der Waals surface area contributed by atoms with E-state index in [9.17, 15) is 14.0 Å². The van der Waals surface area contributed by atoms with Gasteiger partial charge in [-0.15, -0.1) is 11.3 Å². The van der Waals surface area contributed by atoms with E-state index in [1.807, 2.05) is 56.5 Å². The van der Waals surface area contributed by atoms with E-state index in [1.165, 1.54) is 11.3 Å². The van der Waals surface area contributed by atoms with Crippen molar-refractivity contribution in [2.24, 2.45) is 0 Å². The van der Waals surface area contributed by atoms with Crippen LogP contribution in [0.1, 0.15) is 67.9 Å². The van der Waals surface area contributed by atoms with E-state index in [1.54, 1.807) is 24.0 Å². The molecule has 12 heteroatoms. The summed E-state index contributed by atoms with van der Waals surface area (Å²) in [6.45, 7) is 8.90. The van der Waals surface area contributed by atoms with Crippen molar-refractivity contribution in [3.05, 3.63) is 81.7 Å². The van der Waals surface area contributed by atoms with Crippen LogP contribution in [0.5, 0.6) is 5.75 Å². The second-order valence-corrected chi connectivity index (χ2v) is 12.7. The van der Waals surface area contributed by atoms with Gasteiger partial charge in [-0.05, 0) is 87.7 Å². The number of carbonyl (C=O) groups excluding carboxylic acids is 2. The number of thiophene rings is 1. The Bertz CT molecular complexity index is 1640. The molecule has 3 aromatic heterocycles. The van der Waals surface area contributed by atoms with Crippen LogP contribution in [0.2, 0.25) is 5.02 Å². The Hall–Kier alpha value is -3.96. The van der Waals surface area contributed by atoms with Crippen LogP contribution in [0.15, 0.2) is 54.0 Å². The molecular weight excluding hydrogens is 607 g/mol. The molecule has 1 aromatic carbocycles. The molecule has 0 atom stereocenters. The number of piperidine rings is 1. The van der Waals surface area contributed by atoms with Gasteiger partial charge in [0, 0.05) is 18.7 Å². The van der Waals surface area contributed by atoms with Gasteiger partial charge in [-0.1, -0.05) is 23.7 Å². The zero-order chi connectivity index (χ0) is 31.4. The number of hydrogen-bond acceptors (Lipinski definition) is 8. The van der Waals surface area contributed by atoms with Crippen LogP contribution in [-0.4, -0.2) is 57.0 Å². The Morgan fingerprint density at radius 1 is 1.14 bits per heavy atom. The minimum atomic E-state index is -0.838. The van der Waals surface area contributed by atoms with Crippen molar-refractivity contribution in [3.8, 4) is 22.1 Å². The van der Waals surface area contributed by atoms with Crippen LogP contribution in [0.25, 0.3) is 16.4 Å². The lowest BCUT2D eigenvalue weighted by molar-refractivity contribution is 0.0204. The van der Waals surface area contributed by atoms with Crippen LogP contribution in [0.4, 0.5) is 9.18 Å². The molecule has 9 nitrogen and oxygen atoms in total. The zero-order valence-electron chi connectivity index (χ0n) is 25.0. The first-order valence-corrected chi connectivity index (χ1v) is 15.6. The van der Waals surface area contributed by atoms with Crippen molar-refractivity contribution in [3.63, 3.8) is 0 Å². The lowest BCUT2D eigenvalue weighted by Gasteiger charge is -2.33. The van der Waals surface area contributed by atoms with Crippen molar-refractivity contribution in [1.29, 1.82) is 0 Å². The van der Waals surface area contributed by atoms with Crippen molar-refractivity contribution < 1.29 is 28.2 Å². The smallest absolute Gasteiger partial charge is 0.410 e. The average Bonchev–Trinajstić information content (AvgIpc) is 3.62. The largest absolute Gasteiger partial charge is 0.487 e. The van der Waals surface area contributed by atoms with Gasteiger partial charge in [0.2, 0.25) is 5.95 Å². The van der Waals surface area contributed by atoms with E-state index in [0.717, 1.165) is 39.7 Å². The van der Waals surface area contributed by atoms with Gasteiger partial charge < -0.3 is 19.1 Å². The van der Waals surface area contributed by atoms with Gasteiger partial charge in [0.15, 0.2) is 5.82 Å². The van der Waals surface area contributed by atoms with E-state index >= 15 is 0 Å². The quantitative estimate of drug-likeness (QED) is 0.182. The Labute approximate surface area is 264 Å². The van der Waals surface area contributed by atoms with Gasteiger partial charge in [-0.3, -0.25) is 0 Å². The molecule has 232 valence electrons. The van der Waals surface area contributed by atoms with Crippen LogP contribution < -0.4 is 4.74 Å². The second kappa shape index (κ2) is 13.4. The van der Waals surface area contributed by atoms with Crippen LogP contribution in [0.3, 0.4) is 0 Å². The number of pyridine rings is 1. The number of nitrogens with zero attached hydrogens (tertiary/aromatic N) is 4. The molecule has 1 amide bonds. The maximum absolute atomic E-state index is 15.0. The number of halogens is 2. The summed E-state index contributed by atoms with van der Waals surface area (Å²) < 4.78 is 32.4. The fourth-order valence-electron chi connectivity index (χ4n) is 4.95. The lowest BCUT2D eigenvalue weighted by atomic mass is 9.89. The maximum atomic E-state index is 15.0. The third kappa shape index (κ3) is 7.22. The molecule has 0 bridgehead atoms. The summed E-state index contributed by atoms with van der Waals surface area (Å²) in [5.41, 5.74) is 1.85. The maximum Gasteiger partial charge on any atom is 0.410 e. The molecule has 0 aliphatic carbocycles. The summed E-state index contributed by atoms with van der Waals surface area (Å²) in [6.07, 6.45) is 2.51. The highest BCUT2D eigenvalue weighted by molar-refractivity contribution is 7.13. The molecule has 0 saturated carbocycles. The third-order valence-electron chi connectivity index (χ3n) is 7.09. The molecule has 0 radical (unpaired) electrons. The summed E-state index contributed by atoms with van der Waals surface area (Å²) in [5, 5.41) is 6.45. The summed E-state index contributed by atoms with van der Waals surface area (Å²) in [6, 6.07) is 13.0. The number of aromatic nitrogens is 3. The Morgan fingerprint density at radius 3 is 2.61 bits per heavy atom. The van der Waals surface area contributed by atoms with E-state index in [0.29, 0.717) is 29.6 Å². The van der Waals surface area contributed by atoms with E-state index < -0.39 is 17.5 Å². The number of hydrogen-bond donors (Lipinski definition) is 0. The van der Waals surface area contributed by atoms with Crippen LogP contribution in [-0.2, 0) is 16.1 Å². The molecule has 1 aliphatic heterocycles. The van der Waals surface area contributed by atoms with E-state index in [-0.39, 0.29) is 36.6 Å². The third-order valence-corrected chi connectivity index (χ3v) is 8.37. The standard InChI is InChI=1S/C32H34ClFN4O5S/c1-5-41-30(39)23-18-35-38(29(23)34)27-8-6-7-25(36-27)28-22(13-16-44-28)19-42-26-10-9-21(17-24(26)33)20-11-14-37(15-12-20)31(40)43-32(2,3)4/h6-10,13,16-18,20H,5,11-12,14-15,19H2,1-4H3. The number of likely N-dealkylation sites (tertiary alicyclic amines) is 1. The summed E-state index contributed by atoms with van der Waals surface area (Å²) >= 11 is 8.13. The van der Waals surface area contributed by atoms with Crippen molar-refractivity contribution in [2.75, 3.05) is 19.7 Å². The Kier molecular flexibility index (Phi) is 9.55. The van der Waals surface area contributed by atoms with E-state index in [2.05, 4.69) is 10.1 Å². The molecule has 4 heterocycles. The monoisotopic (exact) mass is 640 g/mol. The molecule has 5 rings (SSSR count). The first-order valence-electron chi connectivity index (χ1n) is 14.4. The Morgan fingerprint density at radius 2 is 1.91 bits per heavy atom. The number of ether oxygens (including phenoxy) is 3. The number of rotatable bonds is 8. The van der Waals surface area contributed by atoms with Crippen LogP contribution >= 0.6 is 22.9 Å². The fourth-order valence-corrected chi connectivity index (χ4v) is 6.07. The summed E-state index contributed by atoms with van der Waals surface area (Å²) in [5.74, 6) is -0.540. The van der Waals surface area contributed by atoms with Crippen molar-refractivity contribution in [2.45, 2.75) is 58.7 Å². The van der Waals surface area contributed by atoms with Crippen molar-refractivity contribution in [1.82, 2.24) is 19.7 Å². The number of amides is 1. The van der Waals surface area contributed by atoms with Gasteiger partial charge in [-0.2, -0.15) is 14.2 Å². The molecule has 4 aromatic rings. The zero-order valence-corrected chi connectivity index (χ0v) is 26.6. The predicted octanol–water partition coefficient (Wildman–Crippen LogP) is 7.66. The van der Waals surface area contributed by atoms with Crippen molar-refractivity contribution >= 4 is 35.0 Å². The van der Waals surface area contributed by atoms with Gasteiger partial charge in [0.1, 0.15) is 23.5 Å². The normalized spacial score (nSPS) is 14.0. The predicted molar refractivity (Wildman–Crippen MR) is 166 cm³/mol. The Balaban J connectivity index is 1.23. The molecule has 1 aliphatic rings. The second-order valence-electron chi connectivity index (χ2n) is 11.4. The minimum absolute atomic E-state index is 0.131. The van der Waals surface area contributed by atoms with Gasteiger partial charge in [0.05, 0.1) is 28.4 Å². The number of carbonyl (C=O) groups is 2. The topological polar surface area (TPSA) is 95.8 Å². The van der Waals surface area contributed by atoms with Gasteiger partial charge in [0.25, 0.3) is 0 Å². The summed E-state index contributed by atoms with van der Waals surface area (Å²) in [7, 11) is 0. The first-order chi connectivity index (χ1) is 21.0. The fraction of sp³-hybridized carbons (Fsp3) is 0.375. The highest BCUT2D eigenvalue weighted by Gasteiger charge is 2.28. The number of benzene rings is 1. The minimum Gasteiger partial charge on any atom is -0.487 e. The van der Waals surface area contributed by atoms with Gasteiger partial charge >= 0.3 is 12.1 Å². The highest BCUT2D eigenvalue weighted by atomic mass is 35.5. The molecule has 1 saturated heterocycles. The van der Waals surface area contributed by atoms with E-state index in [4.69, 9.17) is 25.8 Å². The molecule has 1 fully saturated rings.